The molecule has 7 heteroatoms. The first-order valence-electron chi connectivity index (χ1n) is 10.2. The molecule has 0 atom stereocenters. The third-order valence-corrected chi connectivity index (χ3v) is 5.26. The molecule has 6 nitrogen and oxygen atoms in total. The zero-order valence-corrected chi connectivity index (χ0v) is 17.7. The Bertz CT molecular complexity index is 777. The Morgan fingerprint density at radius 1 is 1.21 bits per heavy atom. The number of anilines is 1. The van der Waals surface area contributed by atoms with E-state index in [0.29, 0.717) is 30.5 Å². The van der Waals surface area contributed by atoms with Gasteiger partial charge in [0.05, 0.1) is 6.54 Å². The molecule has 0 radical (unpaired) electrons. The van der Waals surface area contributed by atoms with Crippen LogP contribution in [0.5, 0.6) is 5.75 Å². The standard InChI is InChI=1S/C22H29ClN4O2/c1-26(13-14-29-20-8-6-7-19(23)15-20)22(28)25-17-18-9-10-21(24-16-18)27-11-4-2-3-5-12-27/h6-10,15-16H,2-5,11-14,17H2,1H3,(H,25,28). The van der Waals surface area contributed by atoms with Crippen LogP contribution in [0.4, 0.5) is 10.6 Å². The van der Waals surface area contributed by atoms with Crippen molar-refractivity contribution >= 4 is 23.4 Å². The SMILES string of the molecule is CN(CCOc1cccc(Cl)c1)C(=O)NCc1ccc(N2CCCCCC2)nc1. The number of hydrogen-bond acceptors (Lipinski definition) is 4. The molecular formula is C22H29ClN4O2. The van der Waals surface area contributed by atoms with Crippen LogP contribution in [0.25, 0.3) is 0 Å². The first-order chi connectivity index (χ1) is 14.1. The van der Waals surface area contributed by atoms with Gasteiger partial charge in [0.25, 0.3) is 0 Å². The normalized spacial score (nSPS) is 14.2. The molecule has 0 bridgehead atoms. The summed E-state index contributed by atoms with van der Waals surface area (Å²) in [6.45, 7) is 3.47. The molecule has 1 aromatic heterocycles. The molecule has 1 fully saturated rings. The highest BCUT2D eigenvalue weighted by molar-refractivity contribution is 6.30. The Balaban J connectivity index is 1.40. The van der Waals surface area contributed by atoms with Crippen LogP contribution in [0.15, 0.2) is 42.6 Å². The Labute approximate surface area is 177 Å². The molecule has 3 rings (SSSR count). The first kappa shape index (κ1) is 21.2. The number of benzene rings is 1. The summed E-state index contributed by atoms with van der Waals surface area (Å²) in [5, 5.41) is 3.55. The maximum atomic E-state index is 12.3. The van der Waals surface area contributed by atoms with Crippen molar-refractivity contribution < 1.29 is 9.53 Å². The zero-order chi connectivity index (χ0) is 20.5. The quantitative estimate of drug-likeness (QED) is 0.729. The second-order valence-corrected chi connectivity index (χ2v) is 7.75. The number of urea groups is 1. The highest BCUT2D eigenvalue weighted by Gasteiger charge is 2.12. The molecule has 1 aliphatic rings. The predicted molar refractivity (Wildman–Crippen MR) is 117 cm³/mol. The maximum absolute atomic E-state index is 12.3. The van der Waals surface area contributed by atoms with Gasteiger partial charge in [-0.3, -0.25) is 0 Å². The number of carbonyl (C=O) groups is 1. The van der Waals surface area contributed by atoms with Gasteiger partial charge in [0, 0.05) is 37.9 Å². The number of nitrogens with zero attached hydrogens (tertiary/aromatic N) is 3. The summed E-state index contributed by atoms with van der Waals surface area (Å²) >= 11 is 5.93. The molecule has 1 aromatic carbocycles. The fraction of sp³-hybridized carbons (Fsp3) is 0.455. The molecule has 29 heavy (non-hydrogen) atoms. The third kappa shape index (κ3) is 6.82. The van der Waals surface area contributed by atoms with Gasteiger partial charge in [0.15, 0.2) is 0 Å². The van der Waals surface area contributed by atoms with Crippen molar-refractivity contribution in [2.75, 3.05) is 38.2 Å². The van der Waals surface area contributed by atoms with Crippen LogP contribution in [0, 0.1) is 0 Å². The topological polar surface area (TPSA) is 57.7 Å². The minimum atomic E-state index is -0.142. The first-order valence-corrected chi connectivity index (χ1v) is 10.6. The van der Waals surface area contributed by atoms with E-state index in [1.165, 1.54) is 25.7 Å². The number of rotatable bonds is 7. The lowest BCUT2D eigenvalue weighted by atomic mass is 10.2. The van der Waals surface area contributed by atoms with Gasteiger partial charge in [-0.1, -0.05) is 36.6 Å². The second-order valence-electron chi connectivity index (χ2n) is 7.31. The molecule has 0 aliphatic carbocycles. The van der Waals surface area contributed by atoms with Crippen molar-refractivity contribution in [3.63, 3.8) is 0 Å². The van der Waals surface area contributed by atoms with E-state index in [-0.39, 0.29) is 6.03 Å². The molecular weight excluding hydrogens is 388 g/mol. The highest BCUT2D eigenvalue weighted by atomic mass is 35.5. The van der Waals surface area contributed by atoms with Crippen molar-refractivity contribution in [1.29, 1.82) is 0 Å². The van der Waals surface area contributed by atoms with Crippen molar-refractivity contribution in [2.24, 2.45) is 0 Å². The molecule has 0 unspecified atom stereocenters. The number of likely N-dealkylation sites (N-methyl/N-ethyl adjacent to an activating group) is 1. The van der Waals surface area contributed by atoms with Crippen LogP contribution in [-0.2, 0) is 6.54 Å². The monoisotopic (exact) mass is 416 g/mol. The second kappa shape index (κ2) is 10.9. The van der Waals surface area contributed by atoms with E-state index in [2.05, 4.69) is 21.3 Å². The fourth-order valence-electron chi connectivity index (χ4n) is 3.28. The summed E-state index contributed by atoms with van der Waals surface area (Å²) in [6.07, 6.45) is 6.92. The number of pyridine rings is 1. The summed E-state index contributed by atoms with van der Waals surface area (Å²) in [5.74, 6) is 1.72. The molecule has 0 spiro atoms. The van der Waals surface area contributed by atoms with Crippen molar-refractivity contribution in [3.05, 3.63) is 53.2 Å². The lowest BCUT2D eigenvalue weighted by Crippen LogP contribution is -2.39. The molecule has 156 valence electrons. The minimum absolute atomic E-state index is 0.142. The summed E-state index contributed by atoms with van der Waals surface area (Å²) in [4.78, 5) is 20.8. The van der Waals surface area contributed by atoms with Crippen LogP contribution in [0.1, 0.15) is 31.2 Å². The van der Waals surface area contributed by atoms with E-state index < -0.39 is 0 Å². The lowest BCUT2D eigenvalue weighted by molar-refractivity contribution is 0.195. The number of amides is 2. The van der Waals surface area contributed by atoms with Gasteiger partial charge in [-0.2, -0.15) is 0 Å². The molecule has 0 saturated carbocycles. The average Bonchev–Trinajstić information content (AvgIpc) is 3.02. The van der Waals surface area contributed by atoms with E-state index in [1.807, 2.05) is 24.4 Å². The predicted octanol–water partition coefficient (Wildman–Crippen LogP) is 4.34. The van der Waals surface area contributed by atoms with Gasteiger partial charge in [0.2, 0.25) is 0 Å². The zero-order valence-electron chi connectivity index (χ0n) is 16.9. The molecule has 1 saturated heterocycles. The van der Waals surface area contributed by atoms with Gasteiger partial charge in [-0.25, -0.2) is 9.78 Å². The highest BCUT2D eigenvalue weighted by Crippen LogP contribution is 2.18. The Morgan fingerprint density at radius 3 is 2.69 bits per heavy atom. The van der Waals surface area contributed by atoms with Crippen molar-refractivity contribution in [2.45, 2.75) is 32.2 Å². The molecule has 2 aromatic rings. The smallest absolute Gasteiger partial charge is 0.317 e. The number of ether oxygens (including phenoxy) is 1. The van der Waals surface area contributed by atoms with E-state index in [1.54, 1.807) is 24.1 Å². The third-order valence-electron chi connectivity index (χ3n) is 5.02. The van der Waals surface area contributed by atoms with Crippen LogP contribution in [-0.4, -0.2) is 49.2 Å². The number of halogens is 1. The summed E-state index contributed by atoms with van der Waals surface area (Å²) in [5.41, 5.74) is 0.987. The van der Waals surface area contributed by atoms with E-state index >= 15 is 0 Å². The number of aromatic nitrogens is 1. The van der Waals surface area contributed by atoms with Gasteiger partial charge in [-0.15, -0.1) is 0 Å². The molecule has 2 amide bonds. The maximum Gasteiger partial charge on any atom is 0.317 e. The summed E-state index contributed by atoms with van der Waals surface area (Å²) < 4.78 is 5.63. The van der Waals surface area contributed by atoms with Crippen molar-refractivity contribution in [3.8, 4) is 5.75 Å². The van der Waals surface area contributed by atoms with Crippen LogP contribution in [0.2, 0.25) is 5.02 Å². The van der Waals surface area contributed by atoms with E-state index in [4.69, 9.17) is 16.3 Å². The van der Waals surface area contributed by atoms with Crippen molar-refractivity contribution in [1.82, 2.24) is 15.2 Å². The molecule has 2 heterocycles. The summed E-state index contributed by atoms with van der Waals surface area (Å²) in [7, 11) is 1.75. The Morgan fingerprint density at radius 2 is 2.00 bits per heavy atom. The largest absolute Gasteiger partial charge is 0.492 e. The van der Waals surface area contributed by atoms with Crippen LogP contribution in [0.3, 0.4) is 0 Å². The molecule has 1 N–H and O–H groups in total. The van der Waals surface area contributed by atoms with E-state index in [0.717, 1.165) is 24.5 Å². The van der Waals surface area contributed by atoms with Gasteiger partial charge in [0.1, 0.15) is 18.2 Å². The number of nitrogens with one attached hydrogen (secondary N) is 1. The Kier molecular flexibility index (Phi) is 7.99. The molecule has 1 aliphatic heterocycles. The average molecular weight is 417 g/mol. The van der Waals surface area contributed by atoms with Gasteiger partial charge >= 0.3 is 6.03 Å². The van der Waals surface area contributed by atoms with E-state index in [9.17, 15) is 4.79 Å². The fourth-order valence-corrected chi connectivity index (χ4v) is 3.46. The number of hydrogen-bond donors (Lipinski definition) is 1. The Hall–Kier alpha value is -2.47. The summed E-state index contributed by atoms with van der Waals surface area (Å²) in [6, 6.07) is 11.2. The van der Waals surface area contributed by atoms with Gasteiger partial charge < -0.3 is 19.9 Å². The lowest BCUT2D eigenvalue weighted by Gasteiger charge is -2.21. The van der Waals surface area contributed by atoms with Crippen LogP contribution >= 0.6 is 11.6 Å². The van der Waals surface area contributed by atoms with Gasteiger partial charge in [-0.05, 0) is 42.7 Å². The number of carbonyl (C=O) groups excluding carboxylic acids is 1. The minimum Gasteiger partial charge on any atom is -0.492 e. The van der Waals surface area contributed by atoms with Crippen LogP contribution < -0.4 is 15.0 Å².